The van der Waals surface area contributed by atoms with Gasteiger partial charge in [0.25, 0.3) is 0 Å². The van der Waals surface area contributed by atoms with Crippen molar-refractivity contribution in [2.75, 3.05) is 29.9 Å². The van der Waals surface area contributed by atoms with Crippen LogP contribution in [-0.4, -0.2) is 57.1 Å². The van der Waals surface area contributed by atoms with Crippen molar-refractivity contribution < 1.29 is 14.3 Å². The first-order valence-corrected chi connectivity index (χ1v) is 15.2. The maximum atomic E-state index is 13.7. The molecule has 2 aliphatic rings. The van der Waals surface area contributed by atoms with Gasteiger partial charge in [-0.25, -0.2) is 14.8 Å². The number of nitrogens with one attached hydrogen (secondary N) is 1. The first-order chi connectivity index (χ1) is 21.1. The predicted octanol–water partition coefficient (Wildman–Crippen LogP) is 7.36. The van der Waals surface area contributed by atoms with Crippen LogP contribution in [0.25, 0.3) is 22.4 Å². The normalized spacial score (nSPS) is 16.3. The van der Waals surface area contributed by atoms with Gasteiger partial charge in [0.2, 0.25) is 11.9 Å². The molecule has 2 saturated heterocycles. The molecule has 4 heterocycles. The molecular weight excluding hydrogens is 576 g/mol. The van der Waals surface area contributed by atoms with Crippen molar-refractivity contribution in [1.82, 2.24) is 19.9 Å². The van der Waals surface area contributed by atoms with Crippen LogP contribution in [-0.2, 0) is 9.53 Å². The number of rotatable bonds is 5. The number of carbonyl (C=O) groups is 2. The summed E-state index contributed by atoms with van der Waals surface area (Å²) in [5, 5.41) is 3.68. The molecule has 9 nitrogen and oxygen atoms in total. The molecule has 0 radical (unpaired) electrons. The van der Waals surface area contributed by atoms with E-state index in [-0.39, 0.29) is 12.0 Å². The number of anilines is 3. The molecule has 44 heavy (non-hydrogen) atoms. The predicted molar refractivity (Wildman–Crippen MR) is 172 cm³/mol. The van der Waals surface area contributed by atoms with Crippen LogP contribution < -0.4 is 10.2 Å². The molecular formula is C34H35ClN6O3. The Morgan fingerprint density at radius 3 is 2.36 bits per heavy atom. The Bertz CT molecular complexity index is 1680. The number of likely N-dealkylation sites (tertiary alicyclic amines) is 1. The van der Waals surface area contributed by atoms with E-state index in [0.29, 0.717) is 60.5 Å². The van der Waals surface area contributed by atoms with Crippen molar-refractivity contribution in [2.45, 2.75) is 45.6 Å². The lowest BCUT2D eigenvalue weighted by atomic mass is 9.77. The van der Waals surface area contributed by atoms with Gasteiger partial charge in [0.1, 0.15) is 5.60 Å². The van der Waals surface area contributed by atoms with Crippen molar-refractivity contribution in [2.24, 2.45) is 5.41 Å². The van der Waals surface area contributed by atoms with E-state index in [2.05, 4.69) is 39.6 Å². The lowest BCUT2D eigenvalue weighted by Crippen LogP contribution is -2.48. The molecule has 10 heteroatoms. The molecule has 2 fully saturated rings. The number of hydrogen-bond acceptors (Lipinski definition) is 7. The van der Waals surface area contributed by atoms with E-state index in [4.69, 9.17) is 21.3 Å². The van der Waals surface area contributed by atoms with Crippen LogP contribution in [0.3, 0.4) is 0 Å². The van der Waals surface area contributed by atoms with Crippen molar-refractivity contribution in [3.8, 4) is 22.4 Å². The summed E-state index contributed by atoms with van der Waals surface area (Å²) in [5.41, 5.74) is 3.98. The summed E-state index contributed by atoms with van der Waals surface area (Å²) >= 11 is 6.55. The number of pyridine rings is 1. The second kappa shape index (κ2) is 11.9. The molecule has 4 aromatic rings. The molecule has 0 saturated carbocycles. The summed E-state index contributed by atoms with van der Waals surface area (Å²) in [6, 6.07) is 20.1. The van der Waals surface area contributed by atoms with Crippen LogP contribution in [0.15, 0.2) is 79.3 Å². The minimum atomic E-state index is -0.551. The third-order valence-corrected chi connectivity index (χ3v) is 8.44. The highest BCUT2D eigenvalue weighted by Crippen LogP contribution is 2.43. The van der Waals surface area contributed by atoms with Gasteiger partial charge in [-0.1, -0.05) is 60.1 Å². The molecule has 0 unspecified atom stereocenters. The molecule has 0 atom stereocenters. The van der Waals surface area contributed by atoms with E-state index in [1.165, 1.54) is 0 Å². The lowest BCUT2D eigenvalue weighted by Gasteiger charge is -2.38. The van der Waals surface area contributed by atoms with Gasteiger partial charge < -0.3 is 19.9 Å². The second-order valence-corrected chi connectivity index (χ2v) is 12.8. The van der Waals surface area contributed by atoms with Crippen LogP contribution in [0.4, 0.5) is 22.1 Å². The fraction of sp³-hybridized carbons (Fsp3) is 0.324. The van der Waals surface area contributed by atoms with Crippen molar-refractivity contribution in [3.05, 3.63) is 84.3 Å². The maximum Gasteiger partial charge on any atom is 0.410 e. The summed E-state index contributed by atoms with van der Waals surface area (Å²) < 4.78 is 5.53. The molecule has 226 valence electrons. The Labute approximate surface area is 262 Å². The molecule has 2 aliphatic heterocycles. The smallest absolute Gasteiger partial charge is 0.410 e. The molecule has 1 spiro atoms. The number of nitrogens with zero attached hydrogens (tertiary/aromatic N) is 5. The molecule has 0 bridgehead atoms. The van der Waals surface area contributed by atoms with E-state index >= 15 is 0 Å². The number of amides is 2. The standard InChI is InChI=1S/C34H35ClN6O3/c1-33(2,3)44-32(43)40-15-12-34(13-16-40)14-17-41(30(34)42)27-19-26(20-36-21-27)38-31-37-22-28(35)29(39-31)25-11-7-10-24(18-25)23-8-5-4-6-9-23/h4-11,18-22H,12-17H2,1-3H3,(H,37,38,39). The minimum Gasteiger partial charge on any atom is -0.444 e. The fourth-order valence-corrected chi connectivity index (χ4v) is 6.05. The average molecular weight is 611 g/mol. The number of halogens is 1. The zero-order valence-electron chi connectivity index (χ0n) is 25.1. The highest BCUT2D eigenvalue weighted by molar-refractivity contribution is 6.33. The molecule has 6 rings (SSSR count). The van der Waals surface area contributed by atoms with Gasteiger partial charge in [-0.3, -0.25) is 9.78 Å². The number of benzene rings is 2. The quantitative estimate of drug-likeness (QED) is 0.252. The van der Waals surface area contributed by atoms with Gasteiger partial charge >= 0.3 is 6.09 Å². The van der Waals surface area contributed by atoms with Crippen LogP contribution in [0, 0.1) is 5.41 Å². The highest BCUT2D eigenvalue weighted by Gasteiger charge is 2.49. The first kappa shape index (κ1) is 29.6. The van der Waals surface area contributed by atoms with Gasteiger partial charge in [0, 0.05) is 25.2 Å². The number of hydrogen-bond donors (Lipinski definition) is 1. The van der Waals surface area contributed by atoms with Crippen LogP contribution >= 0.6 is 11.6 Å². The van der Waals surface area contributed by atoms with E-state index in [9.17, 15) is 9.59 Å². The Balaban J connectivity index is 1.16. The largest absolute Gasteiger partial charge is 0.444 e. The number of aromatic nitrogens is 3. The monoisotopic (exact) mass is 610 g/mol. The van der Waals surface area contributed by atoms with Gasteiger partial charge in [-0.15, -0.1) is 0 Å². The summed E-state index contributed by atoms with van der Waals surface area (Å²) in [4.78, 5) is 43.3. The molecule has 1 N–H and O–H groups in total. The van der Waals surface area contributed by atoms with Gasteiger partial charge in [0.05, 0.1) is 46.1 Å². The summed E-state index contributed by atoms with van der Waals surface area (Å²) in [6.45, 7) is 7.16. The van der Waals surface area contributed by atoms with Crippen LogP contribution in [0.2, 0.25) is 5.02 Å². The molecule has 0 aliphatic carbocycles. The highest BCUT2D eigenvalue weighted by atomic mass is 35.5. The lowest BCUT2D eigenvalue weighted by molar-refractivity contribution is -0.128. The summed E-state index contributed by atoms with van der Waals surface area (Å²) in [6.07, 6.45) is 6.58. The van der Waals surface area contributed by atoms with E-state index < -0.39 is 11.0 Å². The topological polar surface area (TPSA) is 101 Å². The van der Waals surface area contributed by atoms with E-state index in [0.717, 1.165) is 23.1 Å². The summed E-state index contributed by atoms with van der Waals surface area (Å²) in [5.74, 6) is 0.441. The Kier molecular flexibility index (Phi) is 7.98. The van der Waals surface area contributed by atoms with Crippen LogP contribution in [0.5, 0.6) is 0 Å². The van der Waals surface area contributed by atoms with Crippen molar-refractivity contribution in [3.63, 3.8) is 0 Å². The van der Waals surface area contributed by atoms with Gasteiger partial charge in [0.15, 0.2) is 0 Å². The Hall–Kier alpha value is -4.50. The minimum absolute atomic E-state index is 0.0728. The number of piperidine rings is 1. The Morgan fingerprint density at radius 2 is 1.61 bits per heavy atom. The van der Waals surface area contributed by atoms with E-state index in [1.807, 2.05) is 57.2 Å². The van der Waals surface area contributed by atoms with Gasteiger partial charge in [-0.05, 0) is 63.3 Å². The molecule has 2 aromatic heterocycles. The number of ether oxygens (including phenoxy) is 1. The number of carbonyl (C=O) groups excluding carboxylic acids is 2. The molecule has 2 amide bonds. The zero-order valence-corrected chi connectivity index (χ0v) is 25.8. The zero-order chi connectivity index (χ0) is 30.9. The van der Waals surface area contributed by atoms with Crippen molar-refractivity contribution in [1.29, 1.82) is 0 Å². The van der Waals surface area contributed by atoms with E-state index in [1.54, 1.807) is 28.4 Å². The third kappa shape index (κ3) is 6.24. The van der Waals surface area contributed by atoms with Gasteiger partial charge in [-0.2, -0.15) is 0 Å². The first-order valence-electron chi connectivity index (χ1n) is 14.8. The van der Waals surface area contributed by atoms with Crippen molar-refractivity contribution >= 4 is 40.9 Å². The summed E-state index contributed by atoms with van der Waals surface area (Å²) in [7, 11) is 0. The Morgan fingerprint density at radius 1 is 0.909 bits per heavy atom. The average Bonchev–Trinajstić information content (AvgIpc) is 3.33. The maximum absolute atomic E-state index is 13.7. The van der Waals surface area contributed by atoms with Crippen LogP contribution in [0.1, 0.15) is 40.0 Å². The second-order valence-electron chi connectivity index (χ2n) is 12.3. The molecule has 2 aromatic carbocycles. The fourth-order valence-electron chi connectivity index (χ4n) is 5.85. The third-order valence-electron chi connectivity index (χ3n) is 8.16. The SMILES string of the molecule is CC(C)(C)OC(=O)N1CCC2(CC1)CCN(c1cncc(Nc3ncc(Cl)c(-c4cccc(-c5ccccc5)c4)n3)c1)C2=O.